The average Bonchev–Trinajstić information content (AvgIpc) is 3.11. The van der Waals surface area contributed by atoms with E-state index in [9.17, 15) is 4.79 Å². The van der Waals surface area contributed by atoms with E-state index >= 15 is 0 Å². The molecule has 1 aromatic heterocycles. The van der Waals surface area contributed by atoms with Crippen LogP contribution >= 0.6 is 0 Å². The average molecular weight is 369 g/mol. The van der Waals surface area contributed by atoms with Crippen LogP contribution in [-0.2, 0) is 11.2 Å². The Bertz CT molecular complexity index is 1140. The molecule has 0 radical (unpaired) electrons. The summed E-state index contributed by atoms with van der Waals surface area (Å²) in [6, 6.07) is 20.3. The largest absolute Gasteiger partial charge is 0.464 e. The summed E-state index contributed by atoms with van der Waals surface area (Å²) in [4.78, 5) is 12.6. The molecule has 1 heterocycles. The topological polar surface area (TPSA) is 42.2 Å². The fourth-order valence-corrected chi connectivity index (χ4v) is 3.67. The number of anilines is 1. The van der Waals surface area contributed by atoms with Crippen molar-refractivity contribution in [2.24, 2.45) is 0 Å². The van der Waals surface area contributed by atoms with Crippen LogP contribution in [0.2, 0.25) is 0 Å². The number of nitrogens with one attached hydrogen (secondary N) is 1. The molecule has 0 fully saturated rings. The lowest BCUT2D eigenvalue weighted by Gasteiger charge is -2.08. The van der Waals surface area contributed by atoms with Gasteiger partial charge in [0.1, 0.15) is 5.58 Å². The highest BCUT2D eigenvalue weighted by Crippen LogP contribution is 2.30. The van der Waals surface area contributed by atoms with Gasteiger partial charge in [-0.15, -0.1) is 0 Å². The Balaban J connectivity index is 1.51. The van der Waals surface area contributed by atoms with Crippen molar-refractivity contribution in [2.45, 2.75) is 27.2 Å². The molecule has 4 aromatic rings. The summed E-state index contributed by atoms with van der Waals surface area (Å²) in [6.45, 7) is 6.20. The summed E-state index contributed by atoms with van der Waals surface area (Å²) in [6.07, 6.45) is 2.00. The van der Waals surface area contributed by atoms with Gasteiger partial charge in [-0.3, -0.25) is 4.79 Å². The van der Waals surface area contributed by atoms with E-state index in [1.54, 1.807) is 6.26 Å². The van der Waals surface area contributed by atoms with Gasteiger partial charge >= 0.3 is 0 Å². The number of rotatable bonds is 4. The van der Waals surface area contributed by atoms with Gasteiger partial charge in [0.05, 0.1) is 12.7 Å². The Morgan fingerprint density at radius 2 is 1.57 bits per heavy atom. The summed E-state index contributed by atoms with van der Waals surface area (Å²) in [5.41, 5.74) is 8.36. The first kappa shape index (κ1) is 18.1. The summed E-state index contributed by atoms with van der Waals surface area (Å²) in [7, 11) is 0. The third-order valence-corrected chi connectivity index (χ3v) is 5.25. The molecule has 0 aliphatic heterocycles. The third kappa shape index (κ3) is 3.44. The molecule has 0 saturated carbocycles. The van der Waals surface area contributed by atoms with Gasteiger partial charge in [0.2, 0.25) is 5.91 Å². The van der Waals surface area contributed by atoms with Gasteiger partial charge in [-0.2, -0.15) is 0 Å². The molecule has 4 rings (SSSR count). The fourth-order valence-electron chi connectivity index (χ4n) is 3.67. The zero-order valence-electron chi connectivity index (χ0n) is 16.4. The molecule has 1 N–H and O–H groups in total. The Morgan fingerprint density at radius 3 is 2.29 bits per heavy atom. The van der Waals surface area contributed by atoms with E-state index < -0.39 is 0 Å². The predicted molar refractivity (Wildman–Crippen MR) is 115 cm³/mol. The lowest BCUT2D eigenvalue weighted by molar-refractivity contribution is -0.115. The van der Waals surface area contributed by atoms with Gasteiger partial charge in [0, 0.05) is 16.6 Å². The number of carbonyl (C=O) groups excluding carboxylic acids is 1. The van der Waals surface area contributed by atoms with E-state index in [0.29, 0.717) is 0 Å². The molecule has 3 nitrogen and oxygen atoms in total. The lowest BCUT2D eigenvalue weighted by atomic mass is 9.99. The number of hydrogen-bond acceptors (Lipinski definition) is 2. The zero-order valence-corrected chi connectivity index (χ0v) is 16.4. The number of aryl methyl sites for hydroxylation is 3. The molecule has 3 heteroatoms. The smallest absolute Gasteiger partial charge is 0.228 e. The number of fused-ring (bicyclic) bond motifs is 1. The Kier molecular flexibility index (Phi) is 4.74. The minimum Gasteiger partial charge on any atom is -0.464 e. The second-order valence-electron chi connectivity index (χ2n) is 7.27. The summed E-state index contributed by atoms with van der Waals surface area (Å²) >= 11 is 0. The number of amides is 1. The van der Waals surface area contributed by atoms with Crippen LogP contribution in [-0.4, -0.2) is 5.91 Å². The van der Waals surface area contributed by atoms with Crippen molar-refractivity contribution in [3.05, 3.63) is 89.2 Å². The summed E-state index contributed by atoms with van der Waals surface area (Å²) < 4.78 is 5.78. The molecular formula is C25H23NO2. The fraction of sp³-hybridized carbons (Fsp3) is 0.160. The SMILES string of the molecule is Cc1cc(C)c2c(CC(=O)Nc3ccc(-c4ccccc4)cc3)coc2c1C. The second kappa shape index (κ2) is 7.35. The third-order valence-electron chi connectivity index (χ3n) is 5.25. The Morgan fingerprint density at radius 1 is 0.893 bits per heavy atom. The van der Waals surface area contributed by atoms with E-state index in [2.05, 4.69) is 44.3 Å². The molecule has 140 valence electrons. The molecule has 0 bridgehead atoms. The number of benzene rings is 3. The first-order valence-corrected chi connectivity index (χ1v) is 9.45. The molecule has 0 aliphatic rings. The van der Waals surface area contributed by atoms with Crippen molar-refractivity contribution in [3.63, 3.8) is 0 Å². The van der Waals surface area contributed by atoms with Crippen LogP contribution in [0.25, 0.3) is 22.1 Å². The highest BCUT2D eigenvalue weighted by molar-refractivity contribution is 5.97. The molecule has 0 atom stereocenters. The van der Waals surface area contributed by atoms with Crippen LogP contribution in [0.5, 0.6) is 0 Å². The molecular weight excluding hydrogens is 346 g/mol. The molecule has 1 amide bonds. The van der Waals surface area contributed by atoms with Crippen molar-refractivity contribution < 1.29 is 9.21 Å². The van der Waals surface area contributed by atoms with Crippen LogP contribution in [0.1, 0.15) is 22.3 Å². The molecule has 0 aliphatic carbocycles. The van der Waals surface area contributed by atoms with Crippen LogP contribution in [0.4, 0.5) is 5.69 Å². The van der Waals surface area contributed by atoms with Crippen LogP contribution in [0.15, 0.2) is 71.3 Å². The number of furan rings is 1. The molecule has 0 unspecified atom stereocenters. The Labute approximate surface area is 165 Å². The van der Waals surface area contributed by atoms with Gasteiger partial charge in [-0.25, -0.2) is 0 Å². The molecule has 0 spiro atoms. The van der Waals surface area contributed by atoms with E-state index in [-0.39, 0.29) is 12.3 Å². The first-order valence-electron chi connectivity index (χ1n) is 9.45. The molecule has 3 aromatic carbocycles. The maximum Gasteiger partial charge on any atom is 0.228 e. The van der Waals surface area contributed by atoms with Gasteiger partial charge in [-0.1, -0.05) is 48.5 Å². The van der Waals surface area contributed by atoms with Crippen LogP contribution in [0.3, 0.4) is 0 Å². The standard InChI is InChI=1S/C25H23NO2/c1-16-13-17(2)24-21(15-28-25(24)18(16)3)14-23(27)26-22-11-9-20(10-12-22)19-7-5-4-6-8-19/h4-13,15H,14H2,1-3H3,(H,26,27). The number of hydrogen-bond donors (Lipinski definition) is 1. The normalized spacial score (nSPS) is 11.0. The van der Waals surface area contributed by atoms with Gasteiger partial charge in [0.25, 0.3) is 0 Å². The van der Waals surface area contributed by atoms with E-state index in [1.165, 1.54) is 5.56 Å². The lowest BCUT2D eigenvalue weighted by Crippen LogP contribution is -2.14. The van der Waals surface area contributed by atoms with Crippen LogP contribution < -0.4 is 5.32 Å². The minimum absolute atomic E-state index is 0.0483. The highest BCUT2D eigenvalue weighted by Gasteiger charge is 2.15. The van der Waals surface area contributed by atoms with E-state index in [4.69, 9.17) is 4.42 Å². The summed E-state index contributed by atoms with van der Waals surface area (Å²) in [5.74, 6) is -0.0483. The van der Waals surface area contributed by atoms with Crippen molar-refractivity contribution >= 4 is 22.6 Å². The highest BCUT2D eigenvalue weighted by atomic mass is 16.3. The minimum atomic E-state index is -0.0483. The van der Waals surface area contributed by atoms with Gasteiger partial charge in [-0.05, 0) is 60.7 Å². The Hall–Kier alpha value is -3.33. The van der Waals surface area contributed by atoms with Crippen molar-refractivity contribution in [1.29, 1.82) is 0 Å². The molecule has 0 saturated heterocycles. The molecule has 28 heavy (non-hydrogen) atoms. The van der Waals surface area contributed by atoms with Crippen LogP contribution in [0, 0.1) is 20.8 Å². The maximum absolute atomic E-state index is 12.6. The van der Waals surface area contributed by atoms with Crippen molar-refractivity contribution in [3.8, 4) is 11.1 Å². The number of carbonyl (C=O) groups is 1. The maximum atomic E-state index is 12.6. The summed E-state index contributed by atoms with van der Waals surface area (Å²) in [5, 5.41) is 4.04. The van der Waals surface area contributed by atoms with E-state index in [0.717, 1.165) is 44.5 Å². The quantitative estimate of drug-likeness (QED) is 0.465. The van der Waals surface area contributed by atoms with Gasteiger partial charge in [0.15, 0.2) is 0 Å². The van der Waals surface area contributed by atoms with E-state index in [1.807, 2.05) is 42.5 Å². The predicted octanol–water partition coefficient (Wildman–Crippen LogP) is 6.21. The first-order chi connectivity index (χ1) is 13.5. The van der Waals surface area contributed by atoms with Crippen molar-refractivity contribution in [1.82, 2.24) is 0 Å². The monoisotopic (exact) mass is 369 g/mol. The second-order valence-corrected chi connectivity index (χ2v) is 7.27. The van der Waals surface area contributed by atoms with Crippen molar-refractivity contribution in [2.75, 3.05) is 5.32 Å². The van der Waals surface area contributed by atoms with Gasteiger partial charge < -0.3 is 9.73 Å². The zero-order chi connectivity index (χ0) is 19.7.